The van der Waals surface area contributed by atoms with Gasteiger partial charge in [-0.15, -0.1) is 0 Å². The fourth-order valence-electron chi connectivity index (χ4n) is 2.56. The summed E-state index contributed by atoms with van der Waals surface area (Å²) in [6.07, 6.45) is -0.171. The smallest absolute Gasteiger partial charge is 0.0639 e. The van der Waals surface area contributed by atoms with Gasteiger partial charge in [-0.25, -0.2) is 0 Å². The number of piperidine rings is 1. The number of rotatable bonds is 3. The lowest BCUT2D eigenvalue weighted by atomic mass is 10.3. The average Bonchev–Trinajstić information content (AvgIpc) is 2.45. The van der Waals surface area contributed by atoms with Gasteiger partial charge in [0.1, 0.15) is 0 Å². The van der Waals surface area contributed by atoms with Gasteiger partial charge in [0, 0.05) is 25.7 Å². The SMILES string of the molecule is CNC1[C@H]2CN(CC(C)O)C[C@@H]12. The predicted octanol–water partition coefficient (Wildman–Crippen LogP) is -0.483. The molecular weight excluding hydrogens is 152 g/mol. The van der Waals surface area contributed by atoms with Crippen LogP contribution in [0.3, 0.4) is 0 Å². The minimum absolute atomic E-state index is 0.171. The van der Waals surface area contributed by atoms with Crippen molar-refractivity contribution in [3.63, 3.8) is 0 Å². The number of hydrogen-bond donors (Lipinski definition) is 2. The molecule has 0 radical (unpaired) electrons. The van der Waals surface area contributed by atoms with Crippen LogP contribution in [0.5, 0.6) is 0 Å². The molecule has 3 heteroatoms. The van der Waals surface area contributed by atoms with E-state index < -0.39 is 0 Å². The Kier molecular flexibility index (Phi) is 2.10. The molecule has 0 aromatic rings. The summed E-state index contributed by atoms with van der Waals surface area (Å²) in [6, 6.07) is 0.773. The first-order valence-corrected chi connectivity index (χ1v) is 4.80. The van der Waals surface area contributed by atoms with Crippen molar-refractivity contribution in [3.8, 4) is 0 Å². The second-order valence-corrected chi connectivity index (χ2v) is 4.21. The molecule has 70 valence electrons. The van der Waals surface area contributed by atoms with Crippen molar-refractivity contribution in [1.82, 2.24) is 10.2 Å². The van der Waals surface area contributed by atoms with Gasteiger partial charge in [-0.2, -0.15) is 0 Å². The normalized spacial score (nSPS) is 42.8. The Balaban J connectivity index is 1.75. The van der Waals surface area contributed by atoms with E-state index >= 15 is 0 Å². The minimum Gasteiger partial charge on any atom is -0.392 e. The van der Waals surface area contributed by atoms with Gasteiger partial charge in [-0.05, 0) is 25.8 Å². The molecule has 0 spiro atoms. The molecule has 3 nitrogen and oxygen atoms in total. The quantitative estimate of drug-likeness (QED) is 0.600. The zero-order chi connectivity index (χ0) is 8.72. The molecule has 4 atom stereocenters. The van der Waals surface area contributed by atoms with E-state index in [1.165, 1.54) is 13.1 Å². The summed E-state index contributed by atoms with van der Waals surface area (Å²) in [5.41, 5.74) is 0. The molecule has 2 N–H and O–H groups in total. The highest BCUT2D eigenvalue weighted by atomic mass is 16.3. The number of aliphatic hydroxyl groups is 1. The Hall–Kier alpha value is -0.120. The maximum atomic E-state index is 9.18. The number of hydrogen-bond acceptors (Lipinski definition) is 3. The Bertz CT molecular complexity index is 160. The molecule has 0 aromatic carbocycles. The average molecular weight is 170 g/mol. The van der Waals surface area contributed by atoms with Crippen molar-refractivity contribution in [2.75, 3.05) is 26.7 Å². The van der Waals surface area contributed by atoms with E-state index in [0.717, 1.165) is 24.4 Å². The van der Waals surface area contributed by atoms with E-state index in [9.17, 15) is 5.11 Å². The van der Waals surface area contributed by atoms with Gasteiger partial charge >= 0.3 is 0 Å². The van der Waals surface area contributed by atoms with Crippen LogP contribution in [0, 0.1) is 11.8 Å². The fourth-order valence-corrected chi connectivity index (χ4v) is 2.56. The minimum atomic E-state index is -0.171. The summed E-state index contributed by atoms with van der Waals surface area (Å²) >= 11 is 0. The van der Waals surface area contributed by atoms with Crippen LogP contribution in [0.1, 0.15) is 6.92 Å². The summed E-state index contributed by atoms with van der Waals surface area (Å²) in [5.74, 6) is 1.74. The summed E-state index contributed by atoms with van der Waals surface area (Å²) < 4.78 is 0. The van der Waals surface area contributed by atoms with Gasteiger partial charge in [0.25, 0.3) is 0 Å². The third kappa shape index (κ3) is 1.37. The maximum absolute atomic E-state index is 9.18. The predicted molar refractivity (Wildman–Crippen MR) is 47.9 cm³/mol. The Morgan fingerprint density at radius 1 is 1.50 bits per heavy atom. The fraction of sp³-hybridized carbons (Fsp3) is 1.00. The molecular formula is C9H18N2O. The van der Waals surface area contributed by atoms with E-state index in [1.807, 2.05) is 14.0 Å². The van der Waals surface area contributed by atoms with Crippen LogP contribution in [-0.2, 0) is 0 Å². The zero-order valence-corrected chi connectivity index (χ0v) is 7.83. The number of aliphatic hydroxyl groups excluding tert-OH is 1. The topological polar surface area (TPSA) is 35.5 Å². The van der Waals surface area contributed by atoms with Crippen molar-refractivity contribution in [1.29, 1.82) is 0 Å². The van der Waals surface area contributed by atoms with Crippen LogP contribution in [0.2, 0.25) is 0 Å². The third-order valence-corrected chi connectivity index (χ3v) is 3.13. The molecule has 2 unspecified atom stereocenters. The number of nitrogens with one attached hydrogen (secondary N) is 1. The van der Waals surface area contributed by atoms with Crippen molar-refractivity contribution in [2.24, 2.45) is 11.8 Å². The molecule has 2 rings (SSSR count). The summed E-state index contributed by atoms with van der Waals surface area (Å²) in [4.78, 5) is 2.37. The van der Waals surface area contributed by atoms with Crippen molar-refractivity contribution >= 4 is 0 Å². The molecule has 2 aliphatic rings. The summed E-state index contributed by atoms with van der Waals surface area (Å²) in [5, 5.41) is 12.5. The van der Waals surface area contributed by atoms with Crippen LogP contribution in [-0.4, -0.2) is 48.8 Å². The first kappa shape index (κ1) is 8.48. The van der Waals surface area contributed by atoms with E-state index in [4.69, 9.17) is 0 Å². The van der Waals surface area contributed by atoms with Gasteiger partial charge < -0.3 is 15.3 Å². The summed E-state index contributed by atoms with van der Waals surface area (Å²) in [7, 11) is 2.04. The van der Waals surface area contributed by atoms with Crippen LogP contribution < -0.4 is 5.32 Å². The monoisotopic (exact) mass is 170 g/mol. The first-order chi connectivity index (χ1) is 5.72. The lowest BCUT2D eigenvalue weighted by molar-refractivity contribution is 0.132. The van der Waals surface area contributed by atoms with Crippen molar-refractivity contribution in [3.05, 3.63) is 0 Å². The van der Waals surface area contributed by atoms with Gasteiger partial charge in [0.05, 0.1) is 6.10 Å². The second-order valence-electron chi connectivity index (χ2n) is 4.21. The number of nitrogens with zero attached hydrogens (tertiary/aromatic N) is 1. The Morgan fingerprint density at radius 2 is 2.08 bits per heavy atom. The lowest BCUT2D eigenvalue weighted by Gasteiger charge is -2.20. The van der Waals surface area contributed by atoms with Gasteiger partial charge in [-0.1, -0.05) is 0 Å². The Labute approximate surface area is 73.8 Å². The van der Waals surface area contributed by atoms with E-state index in [-0.39, 0.29) is 6.10 Å². The highest BCUT2D eigenvalue weighted by Gasteiger charge is 2.54. The largest absolute Gasteiger partial charge is 0.392 e. The maximum Gasteiger partial charge on any atom is 0.0639 e. The Morgan fingerprint density at radius 3 is 2.50 bits per heavy atom. The highest BCUT2D eigenvalue weighted by Crippen LogP contribution is 2.44. The lowest BCUT2D eigenvalue weighted by Crippen LogP contribution is -2.34. The summed E-state index contributed by atoms with van der Waals surface area (Å²) in [6.45, 7) is 5.07. The number of fused-ring (bicyclic) bond motifs is 1. The molecule has 1 saturated carbocycles. The van der Waals surface area contributed by atoms with Gasteiger partial charge in [0.2, 0.25) is 0 Å². The van der Waals surface area contributed by atoms with Gasteiger partial charge in [-0.3, -0.25) is 0 Å². The van der Waals surface area contributed by atoms with E-state index in [1.54, 1.807) is 0 Å². The number of β-amino-alcohol motifs (C(OH)–C–C–N with tert-alkyl or cyclic N) is 1. The van der Waals surface area contributed by atoms with Crippen molar-refractivity contribution < 1.29 is 5.11 Å². The molecule has 0 bridgehead atoms. The highest BCUT2D eigenvalue weighted by molar-refractivity contribution is 5.09. The molecule has 1 saturated heterocycles. The van der Waals surface area contributed by atoms with Crippen LogP contribution in [0.25, 0.3) is 0 Å². The standard InChI is InChI=1S/C9H18N2O/c1-6(12)3-11-4-7-8(5-11)9(7)10-2/h6-10,12H,3-5H2,1-2H3/t6?,7-,8+,9?. The van der Waals surface area contributed by atoms with Crippen LogP contribution in [0.15, 0.2) is 0 Å². The molecule has 1 heterocycles. The first-order valence-electron chi connectivity index (χ1n) is 4.80. The van der Waals surface area contributed by atoms with Crippen LogP contribution >= 0.6 is 0 Å². The van der Waals surface area contributed by atoms with Crippen molar-refractivity contribution in [2.45, 2.75) is 19.1 Å². The second kappa shape index (κ2) is 2.98. The molecule has 0 amide bonds. The zero-order valence-electron chi connectivity index (χ0n) is 7.83. The molecule has 12 heavy (non-hydrogen) atoms. The van der Waals surface area contributed by atoms with E-state index in [0.29, 0.717) is 0 Å². The third-order valence-electron chi connectivity index (χ3n) is 3.13. The van der Waals surface area contributed by atoms with Gasteiger partial charge in [0.15, 0.2) is 0 Å². The number of likely N-dealkylation sites (tertiary alicyclic amines) is 1. The van der Waals surface area contributed by atoms with Crippen LogP contribution in [0.4, 0.5) is 0 Å². The van der Waals surface area contributed by atoms with E-state index in [2.05, 4.69) is 10.2 Å². The molecule has 2 fully saturated rings. The molecule has 1 aliphatic heterocycles. The molecule has 0 aromatic heterocycles. The molecule has 1 aliphatic carbocycles.